The van der Waals surface area contributed by atoms with Crippen molar-refractivity contribution in [3.8, 4) is 0 Å². The van der Waals surface area contributed by atoms with E-state index in [9.17, 15) is 19.1 Å². The monoisotopic (exact) mass is 410 g/mol. The molecule has 0 saturated carbocycles. The van der Waals surface area contributed by atoms with E-state index in [0.29, 0.717) is 6.42 Å². The van der Waals surface area contributed by atoms with Gasteiger partial charge in [-0.1, -0.05) is 37.3 Å². The summed E-state index contributed by atoms with van der Waals surface area (Å²) in [5.74, 6) is 0. The Labute approximate surface area is 169 Å². The number of rotatable bonds is 8. The Morgan fingerprint density at radius 1 is 1.14 bits per heavy atom. The minimum Gasteiger partial charge on any atom is -0.333 e. The van der Waals surface area contributed by atoms with Gasteiger partial charge in [0.15, 0.2) is 0 Å². The summed E-state index contributed by atoms with van der Waals surface area (Å²) in [5.41, 5.74) is 1.46. The molecule has 0 aliphatic carbocycles. The third-order valence-corrected chi connectivity index (χ3v) is 7.12. The summed E-state index contributed by atoms with van der Waals surface area (Å²) >= 11 is 0. The Bertz CT molecular complexity index is 782. The van der Waals surface area contributed by atoms with Gasteiger partial charge in [-0.15, -0.1) is 0 Å². The molecule has 0 spiro atoms. The Morgan fingerprint density at radius 2 is 1.71 bits per heavy atom. The number of allylic oxidation sites excluding steroid dienone is 1. The van der Waals surface area contributed by atoms with E-state index in [-0.39, 0.29) is 12.5 Å². The van der Waals surface area contributed by atoms with Gasteiger partial charge in [-0.2, -0.15) is 0 Å². The second kappa shape index (κ2) is 8.40. The Hall–Kier alpha value is -1.62. The van der Waals surface area contributed by atoms with E-state index in [4.69, 9.17) is 0 Å². The van der Waals surface area contributed by atoms with Gasteiger partial charge in [-0.3, -0.25) is 4.57 Å². The van der Waals surface area contributed by atoms with Gasteiger partial charge < -0.3 is 20.4 Å². The summed E-state index contributed by atoms with van der Waals surface area (Å²) in [6.45, 7) is 16.5. The molecular formula is C21H35N2O4P. The van der Waals surface area contributed by atoms with E-state index in [1.165, 1.54) is 0 Å². The van der Waals surface area contributed by atoms with Crippen LogP contribution in [-0.4, -0.2) is 26.5 Å². The van der Waals surface area contributed by atoms with Gasteiger partial charge in [0.1, 0.15) is 0 Å². The summed E-state index contributed by atoms with van der Waals surface area (Å²) in [6.07, 6.45) is 0.461. The molecule has 28 heavy (non-hydrogen) atoms. The first kappa shape index (κ1) is 24.4. The minimum absolute atomic E-state index is 0.153. The van der Waals surface area contributed by atoms with Crippen LogP contribution >= 0.6 is 7.60 Å². The lowest BCUT2D eigenvalue weighted by Gasteiger charge is -2.38. The predicted molar refractivity (Wildman–Crippen MR) is 115 cm³/mol. The van der Waals surface area contributed by atoms with E-state index in [1.807, 2.05) is 45.0 Å². The number of hydrogen-bond donors (Lipinski definition) is 4. The summed E-state index contributed by atoms with van der Waals surface area (Å²) in [7, 11) is -4.31. The molecule has 0 radical (unpaired) electrons. The molecule has 4 N–H and O–H groups in total. The fourth-order valence-corrected chi connectivity index (χ4v) is 4.31. The van der Waals surface area contributed by atoms with Crippen LogP contribution in [0.2, 0.25) is 0 Å². The van der Waals surface area contributed by atoms with Gasteiger partial charge in [-0.05, 0) is 71.6 Å². The fourth-order valence-electron chi connectivity index (χ4n) is 3.30. The van der Waals surface area contributed by atoms with Gasteiger partial charge in [0.25, 0.3) is 0 Å². The Morgan fingerprint density at radius 3 is 2.18 bits per heavy atom. The number of amides is 2. The van der Waals surface area contributed by atoms with Crippen LogP contribution in [0, 0.1) is 0 Å². The second-order valence-corrected chi connectivity index (χ2v) is 11.2. The van der Waals surface area contributed by atoms with Crippen molar-refractivity contribution in [2.24, 2.45) is 0 Å². The molecule has 6 nitrogen and oxygen atoms in total. The van der Waals surface area contributed by atoms with Crippen LogP contribution < -0.4 is 10.6 Å². The molecular weight excluding hydrogens is 375 g/mol. The minimum atomic E-state index is -4.31. The quantitative estimate of drug-likeness (QED) is 0.464. The molecule has 0 saturated heterocycles. The normalized spacial score (nSPS) is 14.9. The summed E-state index contributed by atoms with van der Waals surface area (Å²) in [5, 5.41) is 4.63. The first-order valence-electron chi connectivity index (χ1n) is 9.45. The number of urea groups is 1. The van der Waals surface area contributed by atoms with Crippen LogP contribution in [-0.2, 0) is 10.1 Å². The van der Waals surface area contributed by atoms with Crippen LogP contribution in [0.25, 0.3) is 5.57 Å². The first-order valence-corrected chi connectivity index (χ1v) is 11.1. The molecule has 1 atom stereocenters. The zero-order valence-corrected chi connectivity index (χ0v) is 19.0. The van der Waals surface area contributed by atoms with E-state index in [0.717, 1.165) is 16.7 Å². The van der Waals surface area contributed by atoms with E-state index in [2.05, 4.69) is 17.2 Å². The lowest BCUT2D eigenvalue weighted by molar-refractivity contribution is 0.210. The molecule has 158 valence electrons. The lowest BCUT2D eigenvalue weighted by atomic mass is 9.89. The number of hydrogen-bond acceptors (Lipinski definition) is 2. The lowest BCUT2D eigenvalue weighted by Crippen LogP contribution is -2.55. The van der Waals surface area contributed by atoms with Crippen molar-refractivity contribution in [2.75, 3.05) is 0 Å². The maximum atomic E-state index is 12.7. The van der Waals surface area contributed by atoms with Crippen molar-refractivity contribution >= 4 is 19.2 Å². The molecule has 1 aromatic carbocycles. The maximum Gasteiger partial charge on any atom is 0.331 e. The molecule has 1 rings (SSSR count). The highest BCUT2D eigenvalue weighted by molar-refractivity contribution is 7.53. The molecule has 0 aliphatic heterocycles. The van der Waals surface area contributed by atoms with Crippen LogP contribution in [0.1, 0.15) is 72.4 Å². The first-order chi connectivity index (χ1) is 12.5. The van der Waals surface area contributed by atoms with Gasteiger partial charge in [0, 0.05) is 5.54 Å². The van der Waals surface area contributed by atoms with Crippen molar-refractivity contribution in [1.82, 2.24) is 10.6 Å². The number of benzene rings is 1. The Kier molecular flexibility index (Phi) is 7.32. The fraction of sp³-hybridized carbons (Fsp3) is 0.571. The summed E-state index contributed by atoms with van der Waals surface area (Å²) in [4.78, 5) is 32.1. The third-order valence-electron chi connectivity index (χ3n) is 5.24. The third kappa shape index (κ3) is 6.20. The number of carbonyl (C=O) groups excluding carboxylic acids is 1. The van der Waals surface area contributed by atoms with Gasteiger partial charge in [0.2, 0.25) is 0 Å². The SMILES string of the molecule is C=C(C)c1cccc(C(C)(C)NC(=O)NC(C)(C)CC(C)(CC)P(=O)(O)O)c1. The van der Waals surface area contributed by atoms with Gasteiger partial charge in [0.05, 0.1) is 10.7 Å². The topological polar surface area (TPSA) is 98.7 Å². The molecule has 7 heteroatoms. The van der Waals surface area contributed by atoms with Crippen molar-refractivity contribution in [2.45, 2.75) is 77.5 Å². The van der Waals surface area contributed by atoms with Gasteiger partial charge >= 0.3 is 13.6 Å². The smallest absolute Gasteiger partial charge is 0.331 e. The van der Waals surface area contributed by atoms with Crippen LogP contribution in [0.4, 0.5) is 4.79 Å². The summed E-state index contributed by atoms with van der Waals surface area (Å²) < 4.78 is 11.9. The van der Waals surface area contributed by atoms with Crippen LogP contribution in [0.15, 0.2) is 30.8 Å². The maximum absolute atomic E-state index is 12.7. The molecule has 2 amide bonds. The molecule has 0 aliphatic rings. The number of nitrogens with one attached hydrogen (secondary N) is 2. The highest BCUT2D eigenvalue weighted by Crippen LogP contribution is 2.55. The molecule has 0 heterocycles. The largest absolute Gasteiger partial charge is 0.333 e. The molecule has 1 aromatic rings. The highest BCUT2D eigenvalue weighted by Gasteiger charge is 2.45. The predicted octanol–water partition coefficient (Wildman–Crippen LogP) is 4.77. The van der Waals surface area contributed by atoms with Crippen molar-refractivity contribution in [3.63, 3.8) is 0 Å². The van der Waals surface area contributed by atoms with Crippen molar-refractivity contribution in [1.29, 1.82) is 0 Å². The molecule has 0 fully saturated rings. The summed E-state index contributed by atoms with van der Waals surface area (Å²) in [6, 6.07) is 7.45. The average molecular weight is 410 g/mol. The van der Waals surface area contributed by atoms with E-state index in [1.54, 1.807) is 27.7 Å². The van der Waals surface area contributed by atoms with Crippen molar-refractivity contribution < 1.29 is 19.1 Å². The molecule has 0 aromatic heterocycles. The highest BCUT2D eigenvalue weighted by atomic mass is 31.2. The molecule has 1 unspecified atom stereocenters. The van der Waals surface area contributed by atoms with Crippen LogP contribution in [0.3, 0.4) is 0 Å². The van der Waals surface area contributed by atoms with Crippen molar-refractivity contribution in [3.05, 3.63) is 42.0 Å². The zero-order chi connectivity index (χ0) is 22.0. The van der Waals surface area contributed by atoms with E-state index < -0.39 is 23.8 Å². The zero-order valence-electron chi connectivity index (χ0n) is 18.1. The van der Waals surface area contributed by atoms with Gasteiger partial charge in [-0.25, -0.2) is 4.79 Å². The van der Waals surface area contributed by atoms with Crippen LogP contribution in [0.5, 0.6) is 0 Å². The van der Waals surface area contributed by atoms with E-state index >= 15 is 0 Å². The standard InChI is InChI=1S/C21H35N2O4P/c1-9-21(8,28(25,26)27)14-19(4,5)22-18(24)23-20(6,7)17-12-10-11-16(13-17)15(2)3/h10-13H,2,9,14H2,1,3-8H3,(H2,22,23,24)(H2,25,26,27). The Balaban J connectivity index is 2.93. The molecule has 0 bridgehead atoms. The average Bonchev–Trinajstić information content (AvgIpc) is 2.52. The second-order valence-electron chi connectivity index (χ2n) is 9.02. The number of carbonyl (C=O) groups is 1.